The van der Waals surface area contributed by atoms with Gasteiger partial charge in [-0.3, -0.25) is 4.79 Å². The molecule has 1 saturated heterocycles. The Labute approximate surface area is 116 Å². The number of aliphatic carboxylic acids is 1. The van der Waals surface area contributed by atoms with Gasteiger partial charge < -0.3 is 5.11 Å². The summed E-state index contributed by atoms with van der Waals surface area (Å²) in [7, 11) is -3.18. The minimum Gasteiger partial charge on any atom is -0.481 e. The molecule has 19 heavy (non-hydrogen) atoms. The highest BCUT2D eigenvalue weighted by Gasteiger charge is 2.29. The summed E-state index contributed by atoms with van der Waals surface area (Å²) >= 11 is 0. The maximum atomic E-state index is 12.2. The van der Waals surface area contributed by atoms with Crippen molar-refractivity contribution in [3.05, 3.63) is 0 Å². The van der Waals surface area contributed by atoms with E-state index in [4.69, 9.17) is 5.11 Å². The molecule has 6 heteroatoms. The summed E-state index contributed by atoms with van der Waals surface area (Å²) < 4.78 is 25.9. The van der Waals surface area contributed by atoms with Gasteiger partial charge in [-0.05, 0) is 30.6 Å². The number of carboxylic acids is 1. The van der Waals surface area contributed by atoms with Crippen LogP contribution >= 0.6 is 0 Å². The zero-order valence-corrected chi connectivity index (χ0v) is 12.9. The molecule has 1 rings (SSSR count). The van der Waals surface area contributed by atoms with Crippen LogP contribution in [0.5, 0.6) is 0 Å². The molecule has 1 heterocycles. The first-order chi connectivity index (χ1) is 8.60. The summed E-state index contributed by atoms with van der Waals surface area (Å²) in [5.74, 6) is -0.499. The Morgan fingerprint density at radius 3 is 2.21 bits per heavy atom. The van der Waals surface area contributed by atoms with Gasteiger partial charge in [-0.2, -0.15) is 0 Å². The van der Waals surface area contributed by atoms with Gasteiger partial charge in [0.05, 0.1) is 5.75 Å². The van der Waals surface area contributed by atoms with Crippen LogP contribution in [-0.2, 0) is 14.8 Å². The third kappa shape index (κ3) is 5.91. The Morgan fingerprint density at radius 1 is 1.26 bits per heavy atom. The highest BCUT2D eigenvalue weighted by Crippen LogP contribution is 2.25. The van der Waals surface area contributed by atoms with Gasteiger partial charge in [-0.15, -0.1) is 0 Å². The number of carboxylic acid groups (broad SMARTS) is 1. The smallest absolute Gasteiger partial charge is 0.303 e. The van der Waals surface area contributed by atoms with Crippen LogP contribution in [0.2, 0.25) is 0 Å². The van der Waals surface area contributed by atoms with Gasteiger partial charge >= 0.3 is 5.97 Å². The van der Waals surface area contributed by atoms with Crippen molar-refractivity contribution >= 4 is 16.0 Å². The maximum absolute atomic E-state index is 12.2. The first-order valence-electron chi connectivity index (χ1n) is 6.80. The second-order valence-electron chi connectivity index (χ2n) is 6.57. The topological polar surface area (TPSA) is 74.7 Å². The lowest BCUT2D eigenvalue weighted by Gasteiger charge is -2.31. The number of rotatable bonds is 5. The van der Waals surface area contributed by atoms with Crippen molar-refractivity contribution in [1.29, 1.82) is 0 Å². The fraction of sp³-hybridized carbons (Fsp3) is 0.923. The number of piperidine rings is 1. The van der Waals surface area contributed by atoms with Crippen molar-refractivity contribution in [3.63, 3.8) is 0 Å². The Hall–Kier alpha value is -0.620. The highest BCUT2D eigenvalue weighted by atomic mass is 32.2. The molecule has 0 aromatic rings. The van der Waals surface area contributed by atoms with Gasteiger partial charge in [-0.25, -0.2) is 12.7 Å². The quantitative estimate of drug-likeness (QED) is 0.840. The lowest BCUT2D eigenvalue weighted by atomic mass is 9.94. The number of nitrogens with zero attached hydrogens (tertiary/aromatic N) is 1. The van der Waals surface area contributed by atoms with E-state index in [2.05, 4.69) is 0 Å². The van der Waals surface area contributed by atoms with E-state index in [1.807, 2.05) is 20.8 Å². The zero-order chi connectivity index (χ0) is 14.7. The second kappa shape index (κ2) is 6.22. The number of hydrogen-bond acceptors (Lipinski definition) is 3. The summed E-state index contributed by atoms with van der Waals surface area (Å²) in [4.78, 5) is 10.6. The van der Waals surface area contributed by atoms with Crippen LogP contribution in [0.4, 0.5) is 0 Å². The Kier molecular flexibility index (Phi) is 5.38. The molecule has 0 aliphatic carbocycles. The van der Waals surface area contributed by atoms with Crippen LogP contribution in [0.1, 0.15) is 46.5 Å². The van der Waals surface area contributed by atoms with Crippen molar-refractivity contribution in [2.75, 3.05) is 18.8 Å². The first-order valence-corrected chi connectivity index (χ1v) is 8.41. The van der Waals surface area contributed by atoms with Crippen LogP contribution < -0.4 is 0 Å². The van der Waals surface area contributed by atoms with Gasteiger partial charge in [0.25, 0.3) is 0 Å². The Bertz CT molecular complexity index is 403. The molecule has 0 saturated carbocycles. The minimum absolute atomic E-state index is 0.00863. The van der Waals surface area contributed by atoms with Gasteiger partial charge in [0, 0.05) is 19.5 Å². The summed E-state index contributed by atoms with van der Waals surface area (Å²) in [6.07, 6.45) is 2.10. The van der Waals surface area contributed by atoms with Crippen LogP contribution in [0.15, 0.2) is 0 Å². The average Bonchev–Trinajstić information content (AvgIpc) is 2.26. The van der Waals surface area contributed by atoms with Gasteiger partial charge in [0.1, 0.15) is 0 Å². The molecule has 1 aliphatic rings. The highest BCUT2D eigenvalue weighted by molar-refractivity contribution is 7.89. The molecule has 0 spiro atoms. The SMILES string of the molecule is CC(C)(C)CCS(=O)(=O)N1CCC(CC(=O)O)CC1. The first kappa shape index (κ1) is 16.4. The summed E-state index contributed by atoms with van der Waals surface area (Å²) in [5, 5.41) is 8.73. The van der Waals surface area contributed by atoms with Gasteiger partial charge in [-0.1, -0.05) is 20.8 Å². The summed E-state index contributed by atoms with van der Waals surface area (Å²) in [5.41, 5.74) is 0.00863. The summed E-state index contributed by atoms with van der Waals surface area (Å²) in [6.45, 7) is 7.01. The third-order valence-electron chi connectivity index (χ3n) is 3.54. The molecule has 1 N–H and O–H groups in total. The van der Waals surface area contributed by atoms with E-state index >= 15 is 0 Å². The lowest BCUT2D eigenvalue weighted by molar-refractivity contribution is -0.138. The van der Waals surface area contributed by atoms with E-state index in [9.17, 15) is 13.2 Å². The van der Waals surface area contributed by atoms with E-state index in [1.165, 1.54) is 4.31 Å². The lowest BCUT2D eigenvalue weighted by Crippen LogP contribution is -2.40. The summed E-state index contributed by atoms with van der Waals surface area (Å²) in [6, 6.07) is 0. The number of hydrogen-bond donors (Lipinski definition) is 1. The van der Waals surface area contributed by atoms with Crippen LogP contribution in [0.3, 0.4) is 0 Å². The van der Waals surface area contributed by atoms with E-state index in [-0.39, 0.29) is 23.5 Å². The van der Waals surface area contributed by atoms with Crippen molar-refractivity contribution in [3.8, 4) is 0 Å². The van der Waals surface area contributed by atoms with E-state index in [0.717, 1.165) is 0 Å². The van der Waals surface area contributed by atoms with E-state index in [0.29, 0.717) is 32.4 Å². The third-order valence-corrected chi connectivity index (χ3v) is 5.41. The standard InChI is InChI=1S/C13H25NO4S/c1-13(2,3)6-9-19(17,18)14-7-4-11(5-8-14)10-12(15)16/h11H,4-10H2,1-3H3,(H,15,16). The molecule has 0 amide bonds. The predicted octanol–water partition coefficient (Wildman–Crippen LogP) is 1.94. The molecule has 1 aliphatic heterocycles. The van der Waals surface area contributed by atoms with Crippen molar-refractivity contribution < 1.29 is 18.3 Å². The minimum atomic E-state index is -3.18. The number of carbonyl (C=O) groups is 1. The molecule has 0 unspecified atom stereocenters. The molecule has 1 fully saturated rings. The van der Waals surface area contributed by atoms with Crippen molar-refractivity contribution in [2.24, 2.45) is 11.3 Å². The van der Waals surface area contributed by atoms with Crippen LogP contribution in [0, 0.1) is 11.3 Å². The molecule has 0 aromatic carbocycles. The molecule has 0 bridgehead atoms. The average molecular weight is 291 g/mol. The Morgan fingerprint density at radius 2 is 1.79 bits per heavy atom. The van der Waals surface area contributed by atoms with Crippen LogP contribution in [0.25, 0.3) is 0 Å². The monoisotopic (exact) mass is 291 g/mol. The van der Waals surface area contributed by atoms with E-state index < -0.39 is 16.0 Å². The molecule has 0 atom stereocenters. The molecule has 5 nitrogen and oxygen atoms in total. The van der Waals surface area contributed by atoms with Gasteiger partial charge in [0.15, 0.2) is 0 Å². The molecule has 0 aromatic heterocycles. The molecule has 0 radical (unpaired) electrons. The Balaban J connectivity index is 2.47. The van der Waals surface area contributed by atoms with E-state index in [1.54, 1.807) is 0 Å². The largest absolute Gasteiger partial charge is 0.481 e. The second-order valence-corrected chi connectivity index (χ2v) is 8.66. The normalized spacial score (nSPS) is 19.5. The predicted molar refractivity (Wildman–Crippen MR) is 74.4 cm³/mol. The van der Waals surface area contributed by atoms with Crippen LogP contribution in [-0.4, -0.2) is 42.6 Å². The van der Waals surface area contributed by atoms with Gasteiger partial charge in [0.2, 0.25) is 10.0 Å². The zero-order valence-electron chi connectivity index (χ0n) is 12.1. The molecular weight excluding hydrogens is 266 g/mol. The fourth-order valence-corrected chi connectivity index (χ4v) is 4.10. The maximum Gasteiger partial charge on any atom is 0.303 e. The van der Waals surface area contributed by atoms with Crippen molar-refractivity contribution in [1.82, 2.24) is 4.31 Å². The van der Waals surface area contributed by atoms with Crippen molar-refractivity contribution in [2.45, 2.75) is 46.5 Å². The molecule has 112 valence electrons. The number of sulfonamides is 1. The molecular formula is C13H25NO4S. The fourth-order valence-electron chi connectivity index (χ4n) is 2.20.